The van der Waals surface area contributed by atoms with Crippen LogP contribution in [0.25, 0.3) is 0 Å². The molecule has 1 heterocycles. The lowest BCUT2D eigenvalue weighted by Crippen LogP contribution is -2.59. The maximum Gasteiger partial charge on any atom is 0.235 e. The normalized spacial score (nSPS) is 22.5. The van der Waals surface area contributed by atoms with Crippen LogP contribution in [0.15, 0.2) is 115 Å². The van der Waals surface area contributed by atoms with Crippen molar-refractivity contribution in [3.8, 4) is 0 Å². The third-order valence-electron chi connectivity index (χ3n) is 8.33. The van der Waals surface area contributed by atoms with E-state index in [1.807, 2.05) is 65.6 Å². The smallest absolute Gasteiger partial charge is 0.235 e. The number of carbonyl (C=O) groups excluding carboxylic acids is 1. The van der Waals surface area contributed by atoms with Crippen LogP contribution in [0.3, 0.4) is 0 Å². The first-order valence-electron chi connectivity index (χ1n) is 14.4. The molecule has 0 spiro atoms. The minimum absolute atomic E-state index is 0.0124. The van der Waals surface area contributed by atoms with E-state index in [-0.39, 0.29) is 34.4 Å². The van der Waals surface area contributed by atoms with E-state index in [4.69, 9.17) is 4.74 Å². The van der Waals surface area contributed by atoms with Gasteiger partial charge in [-0.05, 0) is 23.1 Å². The lowest BCUT2D eigenvalue weighted by Gasteiger charge is -2.50. The number of hydrogen-bond acceptors (Lipinski definition) is 4. The Balaban J connectivity index is 1.35. The van der Waals surface area contributed by atoms with Gasteiger partial charge in [0, 0.05) is 49.0 Å². The van der Waals surface area contributed by atoms with Crippen LogP contribution >= 0.6 is 0 Å². The van der Waals surface area contributed by atoms with E-state index in [1.54, 1.807) is 7.11 Å². The summed E-state index contributed by atoms with van der Waals surface area (Å²) in [5.41, 5.74) is 3.10. The summed E-state index contributed by atoms with van der Waals surface area (Å²) in [6.07, 6.45) is 9.77. The van der Waals surface area contributed by atoms with Crippen molar-refractivity contribution in [1.29, 1.82) is 0 Å². The van der Waals surface area contributed by atoms with Gasteiger partial charge in [-0.2, -0.15) is 0 Å². The van der Waals surface area contributed by atoms with Gasteiger partial charge in [0.1, 0.15) is 5.75 Å². The Bertz CT molecular complexity index is 1320. The predicted molar refractivity (Wildman–Crippen MR) is 167 cm³/mol. The van der Waals surface area contributed by atoms with Gasteiger partial charge in [0.2, 0.25) is 5.91 Å². The van der Waals surface area contributed by atoms with Crippen LogP contribution in [-0.2, 0) is 20.3 Å². The number of amides is 1. The first-order valence-corrected chi connectivity index (χ1v) is 15.8. The van der Waals surface area contributed by atoms with Crippen molar-refractivity contribution in [2.45, 2.75) is 30.7 Å². The molecular formula is C35H40N2O3S. The van der Waals surface area contributed by atoms with Crippen LogP contribution in [0.4, 0.5) is 0 Å². The Kier molecular flexibility index (Phi) is 9.65. The quantitative estimate of drug-likeness (QED) is 0.303. The Morgan fingerprint density at radius 2 is 1.49 bits per heavy atom. The van der Waals surface area contributed by atoms with Crippen molar-refractivity contribution in [3.05, 3.63) is 132 Å². The molecule has 3 aromatic carbocycles. The molecule has 0 N–H and O–H groups in total. The second-order valence-corrected chi connectivity index (χ2v) is 12.7. The summed E-state index contributed by atoms with van der Waals surface area (Å²) in [6, 6.07) is 30.5. The Hall–Kier alpha value is -3.32. The molecule has 6 heteroatoms. The fourth-order valence-corrected chi connectivity index (χ4v) is 7.87. The molecule has 1 aliphatic carbocycles. The number of carbonyl (C=O) groups is 1. The zero-order chi connectivity index (χ0) is 28.7. The molecule has 1 amide bonds. The molecule has 1 saturated heterocycles. The molecule has 0 saturated carbocycles. The molecule has 1 fully saturated rings. The van der Waals surface area contributed by atoms with Crippen molar-refractivity contribution < 1.29 is 13.7 Å². The molecule has 0 aromatic heterocycles. The van der Waals surface area contributed by atoms with Crippen molar-refractivity contribution in [3.63, 3.8) is 0 Å². The van der Waals surface area contributed by atoms with Crippen molar-refractivity contribution in [2.24, 2.45) is 5.41 Å². The Morgan fingerprint density at radius 3 is 2.02 bits per heavy atom. The van der Waals surface area contributed by atoms with Gasteiger partial charge in [-0.3, -0.25) is 13.9 Å². The van der Waals surface area contributed by atoms with E-state index in [0.717, 1.165) is 24.1 Å². The van der Waals surface area contributed by atoms with Crippen molar-refractivity contribution >= 4 is 16.7 Å². The van der Waals surface area contributed by atoms with Crippen molar-refractivity contribution in [1.82, 2.24) is 9.80 Å². The molecule has 2 aliphatic rings. The van der Waals surface area contributed by atoms with E-state index in [1.165, 1.54) is 5.56 Å². The van der Waals surface area contributed by atoms with Crippen LogP contribution < -0.4 is 0 Å². The summed E-state index contributed by atoms with van der Waals surface area (Å²) >= 11 is 0. The highest BCUT2D eigenvalue weighted by atomic mass is 32.2. The zero-order valence-electron chi connectivity index (χ0n) is 24.0. The number of rotatable bonds is 10. The molecule has 0 radical (unpaired) electrons. The van der Waals surface area contributed by atoms with Gasteiger partial charge in [-0.15, -0.1) is 0 Å². The minimum atomic E-state index is -1.42. The largest absolute Gasteiger partial charge is 0.383 e. The van der Waals surface area contributed by atoms with Crippen LogP contribution in [0.5, 0.6) is 0 Å². The van der Waals surface area contributed by atoms with Gasteiger partial charge >= 0.3 is 0 Å². The van der Waals surface area contributed by atoms with Crippen LogP contribution in [0.1, 0.15) is 41.3 Å². The zero-order valence-corrected chi connectivity index (χ0v) is 24.8. The fourth-order valence-electron chi connectivity index (χ4n) is 6.36. The third kappa shape index (κ3) is 6.78. The summed E-state index contributed by atoms with van der Waals surface area (Å²) in [6.45, 7) is 4.70. The monoisotopic (exact) mass is 568 g/mol. The number of piperazine rings is 1. The standard InChI is InChI=1S/C35H40N2O3S/c1-35(21-13-6-14-22-35)34(30-19-11-5-12-20-30)37-24-23-36(25-31(37)26-40-2)32(38)27-41(39)33(28-15-7-3-8-16-28)29-17-9-4-10-18-29/h3-21,31,33-34H,22-27H2,1-2H3. The summed E-state index contributed by atoms with van der Waals surface area (Å²) in [7, 11) is 0.306. The molecule has 3 aromatic rings. The van der Waals surface area contributed by atoms with Gasteiger partial charge in [0.15, 0.2) is 0 Å². The Morgan fingerprint density at radius 1 is 0.902 bits per heavy atom. The molecule has 214 valence electrons. The van der Waals surface area contributed by atoms with E-state index < -0.39 is 10.8 Å². The third-order valence-corrected chi connectivity index (χ3v) is 9.93. The van der Waals surface area contributed by atoms with Crippen LogP contribution in [-0.4, -0.2) is 65.1 Å². The SMILES string of the molecule is COCC1CN(C(=O)CS(=O)C(c2ccccc2)c2ccccc2)CCN1C(c1ccccc1)C1(C)C=CC=CC1. The Labute approximate surface area is 247 Å². The second kappa shape index (κ2) is 13.6. The maximum absolute atomic E-state index is 13.8. The van der Waals surface area contributed by atoms with E-state index >= 15 is 0 Å². The maximum atomic E-state index is 13.8. The van der Waals surface area contributed by atoms with Crippen LogP contribution in [0, 0.1) is 5.41 Å². The molecule has 4 atom stereocenters. The highest BCUT2D eigenvalue weighted by Gasteiger charge is 2.42. The predicted octanol–water partition coefficient (Wildman–Crippen LogP) is 5.95. The number of hydrogen-bond donors (Lipinski definition) is 0. The van der Waals surface area contributed by atoms with E-state index in [9.17, 15) is 9.00 Å². The number of methoxy groups -OCH3 is 1. The number of nitrogens with zero attached hydrogens (tertiary/aromatic N) is 2. The van der Waals surface area contributed by atoms with E-state index in [2.05, 4.69) is 66.5 Å². The molecule has 1 aliphatic heterocycles. The summed E-state index contributed by atoms with van der Waals surface area (Å²) in [5.74, 6) is -0.0782. The minimum Gasteiger partial charge on any atom is -0.383 e. The molecular weight excluding hydrogens is 528 g/mol. The van der Waals surface area contributed by atoms with Crippen molar-refractivity contribution in [2.75, 3.05) is 39.1 Å². The number of benzene rings is 3. The van der Waals surface area contributed by atoms with Gasteiger partial charge in [0.25, 0.3) is 0 Å². The topological polar surface area (TPSA) is 49.9 Å². The van der Waals surface area contributed by atoms with Crippen LogP contribution in [0.2, 0.25) is 0 Å². The second-order valence-electron chi connectivity index (χ2n) is 11.2. The van der Waals surface area contributed by atoms with E-state index in [0.29, 0.717) is 19.7 Å². The molecule has 5 nitrogen and oxygen atoms in total. The first kappa shape index (κ1) is 29.2. The highest BCUT2D eigenvalue weighted by molar-refractivity contribution is 7.86. The number of allylic oxidation sites excluding steroid dienone is 3. The fraction of sp³-hybridized carbons (Fsp3) is 0.343. The van der Waals surface area contributed by atoms with Gasteiger partial charge < -0.3 is 9.64 Å². The first-order chi connectivity index (χ1) is 20.0. The lowest BCUT2D eigenvalue weighted by molar-refractivity contribution is -0.133. The lowest BCUT2D eigenvalue weighted by atomic mass is 9.72. The molecule has 41 heavy (non-hydrogen) atoms. The van der Waals surface area contributed by atoms with Gasteiger partial charge in [-0.25, -0.2) is 0 Å². The number of ether oxygens (including phenoxy) is 1. The highest BCUT2D eigenvalue weighted by Crippen LogP contribution is 2.45. The van der Waals surface area contributed by atoms with Gasteiger partial charge in [0.05, 0.1) is 17.9 Å². The average molecular weight is 569 g/mol. The average Bonchev–Trinajstić information content (AvgIpc) is 3.00. The molecule has 4 unspecified atom stereocenters. The summed E-state index contributed by atoms with van der Waals surface area (Å²) in [4.78, 5) is 18.1. The summed E-state index contributed by atoms with van der Waals surface area (Å²) in [5, 5.41) is -0.356. The summed E-state index contributed by atoms with van der Waals surface area (Å²) < 4.78 is 19.5. The van der Waals surface area contributed by atoms with Gasteiger partial charge in [-0.1, -0.05) is 122 Å². The molecule has 5 rings (SSSR count). The molecule has 0 bridgehead atoms.